The van der Waals surface area contributed by atoms with Crippen LogP contribution < -0.4 is 0 Å². The van der Waals surface area contributed by atoms with Crippen molar-refractivity contribution in [3.63, 3.8) is 0 Å². The van der Waals surface area contributed by atoms with Crippen LogP contribution in [0.15, 0.2) is 36.5 Å². The van der Waals surface area contributed by atoms with Gasteiger partial charge in [-0.1, -0.05) is 153 Å². The fourth-order valence-electron chi connectivity index (χ4n) is 6.52. The van der Waals surface area contributed by atoms with Gasteiger partial charge in [-0.3, -0.25) is 14.1 Å². The number of allylic oxidation sites excluding steroid dienone is 6. The first-order valence-electron chi connectivity index (χ1n) is 22.0. The van der Waals surface area contributed by atoms with Crippen LogP contribution >= 0.6 is 0 Å². The van der Waals surface area contributed by atoms with Crippen molar-refractivity contribution in [1.29, 1.82) is 0 Å². The van der Waals surface area contributed by atoms with E-state index in [1.807, 2.05) is 6.08 Å². The second kappa shape index (κ2) is 34.7. The molecule has 1 rings (SSSR count). The Morgan fingerprint density at radius 1 is 0.596 bits per heavy atom. The molecule has 0 aromatic heterocycles. The maximum atomic E-state index is 12.8. The Morgan fingerprint density at radius 2 is 1.07 bits per heavy atom. The zero-order valence-corrected chi connectivity index (χ0v) is 36.0. The minimum atomic E-state index is -4.60. The second-order valence-corrected chi connectivity index (χ2v) is 16.9. The smallest absolute Gasteiger partial charge is 0.306 e. The van der Waals surface area contributed by atoms with E-state index in [-0.39, 0.29) is 19.4 Å². The van der Waals surface area contributed by atoms with Gasteiger partial charge < -0.3 is 34.3 Å². The predicted octanol–water partition coefficient (Wildman–Crippen LogP) is 8.61. The summed E-state index contributed by atoms with van der Waals surface area (Å²) in [6, 6.07) is 0. The van der Waals surface area contributed by atoms with Gasteiger partial charge in [0, 0.05) is 12.8 Å². The molecule has 1 heterocycles. The maximum absolute atomic E-state index is 12.8. The molecule has 4 N–H and O–H groups in total. The third-order valence-electron chi connectivity index (χ3n) is 9.97. The topological polar surface area (TPSA) is 186 Å². The molecule has 1 saturated heterocycles. The first kappa shape index (κ1) is 52.9. The van der Waals surface area contributed by atoms with Crippen molar-refractivity contribution in [3.8, 4) is 0 Å². The van der Waals surface area contributed by atoms with Crippen LogP contribution in [0.5, 0.6) is 0 Å². The number of esters is 2. The van der Waals surface area contributed by atoms with Gasteiger partial charge in [-0.15, -0.1) is 0 Å². The molecule has 2 unspecified atom stereocenters. The number of aliphatic hydroxyl groups is 3. The highest BCUT2D eigenvalue weighted by Crippen LogP contribution is 2.24. The summed E-state index contributed by atoms with van der Waals surface area (Å²) in [7, 11) is -4.60. The van der Waals surface area contributed by atoms with Crippen LogP contribution in [-0.2, 0) is 38.7 Å². The van der Waals surface area contributed by atoms with Crippen molar-refractivity contribution >= 4 is 22.1 Å². The molecule has 0 spiro atoms. The molecule has 332 valence electrons. The lowest BCUT2D eigenvalue weighted by Crippen LogP contribution is -2.60. The van der Waals surface area contributed by atoms with Crippen LogP contribution in [0.1, 0.15) is 174 Å². The quantitative estimate of drug-likeness (QED) is 0.0204. The van der Waals surface area contributed by atoms with E-state index in [9.17, 15) is 37.9 Å². The van der Waals surface area contributed by atoms with Gasteiger partial charge in [-0.2, -0.15) is 8.42 Å². The Kier molecular flexibility index (Phi) is 32.2. The third kappa shape index (κ3) is 29.7. The number of hydrogen-bond donors (Lipinski definition) is 4. The number of rotatable bonds is 36. The molecule has 0 aromatic rings. The number of carbonyl (C=O) groups excluding carboxylic acids is 2. The largest absolute Gasteiger partial charge is 0.462 e. The number of aliphatic hydroxyl groups excluding tert-OH is 3. The van der Waals surface area contributed by atoms with Crippen molar-refractivity contribution in [2.24, 2.45) is 0 Å². The molecule has 12 nitrogen and oxygen atoms in total. The molecule has 0 aliphatic carbocycles. The van der Waals surface area contributed by atoms with E-state index >= 15 is 0 Å². The minimum absolute atomic E-state index is 0.149. The van der Waals surface area contributed by atoms with E-state index in [0.29, 0.717) is 19.3 Å². The first-order chi connectivity index (χ1) is 27.5. The fraction of sp³-hybridized carbons (Fsp3) is 0.818. The summed E-state index contributed by atoms with van der Waals surface area (Å²) in [5.41, 5.74) is 0. The Labute approximate surface area is 344 Å². The summed E-state index contributed by atoms with van der Waals surface area (Å²) in [6.07, 6.45) is 29.2. The number of ether oxygens (including phenoxy) is 4. The van der Waals surface area contributed by atoms with E-state index in [1.54, 1.807) is 0 Å². The van der Waals surface area contributed by atoms with Gasteiger partial charge in [0.05, 0.1) is 6.61 Å². The van der Waals surface area contributed by atoms with Crippen LogP contribution in [0, 0.1) is 0 Å². The molecule has 0 aromatic carbocycles. The van der Waals surface area contributed by atoms with Crippen LogP contribution in [-0.4, -0.2) is 96.0 Å². The van der Waals surface area contributed by atoms with Crippen LogP contribution in [0.2, 0.25) is 0 Å². The zero-order valence-electron chi connectivity index (χ0n) is 35.2. The summed E-state index contributed by atoms with van der Waals surface area (Å²) in [6.45, 7) is 3.70. The maximum Gasteiger partial charge on any atom is 0.306 e. The Bertz CT molecular complexity index is 1200. The molecule has 13 heteroatoms. The highest BCUT2D eigenvalue weighted by molar-refractivity contribution is 7.85. The van der Waals surface area contributed by atoms with Gasteiger partial charge in [-0.25, -0.2) is 0 Å². The lowest BCUT2D eigenvalue weighted by atomic mass is 10.00. The highest BCUT2D eigenvalue weighted by Gasteiger charge is 2.46. The van der Waals surface area contributed by atoms with Gasteiger partial charge in [0.1, 0.15) is 36.8 Å². The fourth-order valence-corrected chi connectivity index (χ4v) is 7.21. The lowest BCUT2D eigenvalue weighted by molar-refractivity contribution is -0.297. The second-order valence-electron chi connectivity index (χ2n) is 15.4. The van der Waals surface area contributed by atoms with Gasteiger partial charge in [0.25, 0.3) is 10.1 Å². The summed E-state index contributed by atoms with van der Waals surface area (Å²) in [4.78, 5) is 25.3. The van der Waals surface area contributed by atoms with Crippen LogP contribution in [0.25, 0.3) is 0 Å². The molecule has 1 fully saturated rings. The van der Waals surface area contributed by atoms with E-state index in [2.05, 4.69) is 44.2 Å². The molecule has 6 atom stereocenters. The normalized spacial score (nSPS) is 20.8. The summed E-state index contributed by atoms with van der Waals surface area (Å²) in [5, 5.41) is 30.8. The molecule has 0 radical (unpaired) electrons. The SMILES string of the molecule is CCCCCCCC/C=C/C/C=C/C/C=C/CCCC(=O)OC[C@H](CO[C@H]1O[C@H](CS(=O)(=O)O)[C@@H](O)C(O)C1O)OC(=O)CCCCCCCCCCCCCC. The summed E-state index contributed by atoms with van der Waals surface area (Å²) in [5.74, 6) is -2.05. The number of carbonyl (C=O) groups is 2. The van der Waals surface area contributed by atoms with E-state index in [1.165, 1.54) is 89.9 Å². The van der Waals surface area contributed by atoms with Gasteiger partial charge in [0.2, 0.25) is 0 Å². The van der Waals surface area contributed by atoms with E-state index in [4.69, 9.17) is 18.9 Å². The Balaban J connectivity index is 2.49. The van der Waals surface area contributed by atoms with E-state index in [0.717, 1.165) is 38.5 Å². The lowest BCUT2D eigenvalue weighted by Gasteiger charge is -2.40. The number of unbranched alkanes of at least 4 members (excludes halogenated alkanes) is 18. The van der Waals surface area contributed by atoms with Crippen molar-refractivity contribution in [3.05, 3.63) is 36.5 Å². The van der Waals surface area contributed by atoms with Crippen LogP contribution in [0.4, 0.5) is 0 Å². The van der Waals surface area contributed by atoms with Gasteiger partial charge in [0.15, 0.2) is 12.4 Å². The standard InChI is InChI=1S/C44H78O12S/c1-3-5-7-9-11-13-15-17-18-19-20-21-23-24-26-28-30-32-39(45)53-34-37(35-54-44-43(49)42(48)41(47)38(56-44)36-57(50,51)52)55-40(46)33-31-29-27-25-22-16-14-12-10-8-6-4-2/h17-18,20-21,24,26,37-38,41-44,47-49H,3-16,19,22-23,25,27-36H2,1-2H3,(H,50,51,52)/b18-17+,21-20+,26-24+/t37-,38-,41-,42?,43?,44+/m1/s1. The van der Waals surface area contributed by atoms with Crippen molar-refractivity contribution in [1.82, 2.24) is 0 Å². The predicted molar refractivity (Wildman–Crippen MR) is 224 cm³/mol. The Hall–Kier alpha value is -2.13. The molecule has 0 amide bonds. The van der Waals surface area contributed by atoms with Gasteiger partial charge in [-0.05, 0) is 44.9 Å². The molecular weight excluding hydrogens is 753 g/mol. The molecule has 1 aliphatic heterocycles. The molecule has 0 saturated carbocycles. The molecule has 0 bridgehead atoms. The number of hydrogen-bond acceptors (Lipinski definition) is 11. The molecule has 1 aliphatic rings. The zero-order chi connectivity index (χ0) is 42.0. The van der Waals surface area contributed by atoms with Crippen molar-refractivity contribution < 1.29 is 56.8 Å². The average molecular weight is 831 g/mol. The monoisotopic (exact) mass is 831 g/mol. The first-order valence-corrected chi connectivity index (χ1v) is 23.7. The average Bonchev–Trinajstić information content (AvgIpc) is 3.17. The molecule has 57 heavy (non-hydrogen) atoms. The Morgan fingerprint density at radius 3 is 1.61 bits per heavy atom. The minimum Gasteiger partial charge on any atom is -0.462 e. The summed E-state index contributed by atoms with van der Waals surface area (Å²) >= 11 is 0. The van der Waals surface area contributed by atoms with Crippen molar-refractivity contribution in [2.45, 2.75) is 211 Å². The van der Waals surface area contributed by atoms with Crippen molar-refractivity contribution in [2.75, 3.05) is 19.0 Å². The third-order valence-corrected chi connectivity index (χ3v) is 10.7. The highest BCUT2D eigenvalue weighted by atomic mass is 32.2. The van der Waals surface area contributed by atoms with Gasteiger partial charge >= 0.3 is 11.9 Å². The van der Waals surface area contributed by atoms with E-state index < -0.39 is 71.2 Å². The summed E-state index contributed by atoms with van der Waals surface area (Å²) < 4.78 is 53.9. The molecular formula is C44H78O12S. The van der Waals surface area contributed by atoms with Crippen LogP contribution in [0.3, 0.4) is 0 Å².